The lowest BCUT2D eigenvalue weighted by molar-refractivity contribution is -0.119. The van der Waals surface area contributed by atoms with Crippen LogP contribution in [0.4, 0.5) is 11.5 Å². The highest BCUT2D eigenvalue weighted by Gasteiger charge is 2.28. The van der Waals surface area contributed by atoms with Gasteiger partial charge in [0.25, 0.3) is 10.0 Å². The number of aryl methyl sites for hydroxylation is 3. The fourth-order valence-electron chi connectivity index (χ4n) is 5.47. The fraction of sp³-hybridized carbons (Fsp3) is 0.364. The number of sulfonamides is 1. The van der Waals surface area contributed by atoms with Gasteiger partial charge in [-0.3, -0.25) is 14.5 Å². The maximum atomic E-state index is 13.6. The van der Waals surface area contributed by atoms with E-state index in [4.69, 9.17) is 14.2 Å². The molecule has 3 heterocycles. The van der Waals surface area contributed by atoms with E-state index in [0.29, 0.717) is 42.9 Å². The minimum absolute atomic E-state index is 0.0825. The molecule has 0 saturated heterocycles. The monoisotopic (exact) mass is 602 g/mol. The molecule has 0 bridgehead atoms. The highest BCUT2D eigenvalue weighted by molar-refractivity contribution is 7.92. The van der Waals surface area contributed by atoms with Crippen molar-refractivity contribution in [1.82, 2.24) is 10.1 Å². The first-order chi connectivity index (χ1) is 20.7. The zero-order valence-electron chi connectivity index (χ0n) is 25.4. The summed E-state index contributed by atoms with van der Waals surface area (Å²) in [4.78, 5) is 20.0. The number of aromatic nitrogens is 2. The maximum Gasteiger partial charge on any atom is 0.263 e. The normalized spacial score (nSPS) is 13.3. The van der Waals surface area contributed by atoms with Crippen molar-refractivity contribution in [3.8, 4) is 11.1 Å². The third-order valence-electron chi connectivity index (χ3n) is 7.94. The molecule has 2 aromatic heterocycles. The Bertz CT molecular complexity index is 1760. The third kappa shape index (κ3) is 6.21. The van der Waals surface area contributed by atoms with Gasteiger partial charge in [0, 0.05) is 35.5 Å². The molecule has 1 aliphatic heterocycles. The number of hydrogen-bond donors (Lipinski definition) is 1. The van der Waals surface area contributed by atoms with Gasteiger partial charge in [0.1, 0.15) is 5.76 Å². The summed E-state index contributed by atoms with van der Waals surface area (Å²) in [7, 11) is -4.00. The second-order valence-electron chi connectivity index (χ2n) is 10.7. The predicted molar refractivity (Wildman–Crippen MR) is 166 cm³/mol. The maximum absolute atomic E-state index is 13.6. The van der Waals surface area contributed by atoms with Gasteiger partial charge in [-0.2, -0.15) is 0 Å². The van der Waals surface area contributed by atoms with E-state index in [1.54, 1.807) is 32.0 Å². The minimum atomic E-state index is -4.00. The SMILES string of the molecule is CCOCc1cc(CN2C(=O)CCc3c2cc(CC)nc3CC)ccc1-c1ccccc1S(=O)(=O)Nc1noc(C)c1C. The van der Waals surface area contributed by atoms with Crippen molar-refractivity contribution < 1.29 is 22.5 Å². The molecule has 1 N–H and O–H groups in total. The molecule has 0 radical (unpaired) electrons. The van der Waals surface area contributed by atoms with Crippen LogP contribution in [-0.2, 0) is 52.0 Å². The Morgan fingerprint density at radius 1 is 1.00 bits per heavy atom. The average molecular weight is 603 g/mol. The number of ether oxygens (including phenoxy) is 1. The molecule has 226 valence electrons. The number of anilines is 2. The molecule has 9 nitrogen and oxygen atoms in total. The van der Waals surface area contributed by atoms with Crippen molar-refractivity contribution in [3.63, 3.8) is 0 Å². The summed E-state index contributed by atoms with van der Waals surface area (Å²) in [5.74, 6) is 0.791. The summed E-state index contributed by atoms with van der Waals surface area (Å²) in [6.45, 7) is 10.8. The molecule has 0 unspecified atom stereocenters. The third-order valence-corrected chi connectivity index (χ3v) is 9.34. The van der Waals surface area contributed by atoms with Gasteiger partial charge in [-0.25, -0.2) is 8.42 Å². The van der Waals surface area contributed by atoms with Gasteiger partial charge < -0.3 is 14.2 Å². The molecule has 10 heteroatoms. The number of carbonyl (C=O) groups is 1. The Balaban J connectivity index is 1.53. The van der Waals surface area contributed by atoms with Crippen LogP contribution in [0, 0.1) is 13.8 Å². The first kappa shape index (κ1) is 30.4. The van der Waals surface area contributed by atoms with Crippen LogP contribution in [0.1, 0.15) is 66.6 Å². The molecule has 1 amide bonds. The Kier molecular flexibility index (Phi) is 8.98. The Labute approximate surface area is 253 Å². The number of benzene rings is 2. The molecule has 1 aliphatic rings. The molecule has 2 aromatic carbocycles. The average Bonchev–Trinajstić information content (AvgIpc) is 3.32. The number of pyridine rings is 1. The lowest BCUT2D eigenvalue weighted by Crippen LogP contribution is -2.35. The van der Waals surface area contributed by atoms with Gasteiger partial charge in [-0.1, -0.05) is 55.4 Å². The molecule has 5 rings (SSSR count). The Morgan fingerprint density at radius 3 is 2.49 bits per heavy atom. The van der Waals surface area contributed by atoms with Crippen molar-refractivity contribution in [1.29, 1.82) is 0 Å². The number of carbonyl (C=O) groups excluding carboxylic acids is 1. The number of amides is 1. The van der Waals surface area contributed by atoms with E-state index in [1.165, 1.54) is 0 Å². The zero-order valence-corrected chi connectivity index (χ0v) is 26.2. The summed E-state index contributed by atoms with van der Waals surface area (Å²) < 4.78 is 40.8. The van der Waals surface area contributed by atoms with Crippen molar-refractivity contribution in [2.24, 2.45) is 0 Å². The smallest absolute Gasteiger partial charge is 0.263 e. The van der Waals surface area contributed by atoms with E-state index < -0.39 is 10.0 Å². The van der Waals surface area contributed by atoms with Crippen molar-refractivity contribution in [3.05, 3.63) is 87.9 Å². The number of nitrogens with zero attached hydrogens (tertiary/aromatic N) is 3. The van der Waals surface area contributed by atoms with Gasteiger partial charge in [0.15, 0.2) is 5.82 Å². The molecule has 0 fully saturated rings. The van der Waals surface area contributed by atoms with E-state index in [9.17, 15) is 13.2 Å². The van der Waals surface area contributed by atoms with Gasteiger partial charge >= 0.3 is 0 Å². The quantitative estimate of drug-likeness (QED) is 0.214. The van der Waals surface area contributed by atoms with E-state index in [-0.39, 0.29) is 23.2 Å². The molecule has 43 heavy (non-hydrogen) atoms. The molecule has 0 atom stereocenters. The van der Waals surface area contributed by atoms with Gasteiger partial charge in [-0.05, 0) is 74.4 Å². The van der Waals surface area contributed by atoms with Crippen molar-refractivity contribution in [2.45, 2.75) is 78.3 Å². The van der Waals surface area contributed by atoms with Crippen molar-refractivity contribution in [2.75, 3.05) is 16.2 Å². The predicted octanol–water partition coefficient (Wildman–Crippen LogP) is 6.29. The summed E-state index contributed by atoms with van der Waals surface area (Å²) in [6, 6.07) is 14.8. The fourth-order valence-corrected chi connectivity index (χ4v) is 6.75. The van der Waals surface area contributed by atoms with E-state index >= 15 is 0 Å². The number of nitrogens with one attached hydrogen (secondary N) is 1. The Hall–Kier alpha value is -4.02. The first-order valence-electron chi connectivity index (χ1n) is 14.7. The van der Waals surface area contributed by atoms with Crippen LogP contribution < -0.4 is 9.62 Å². The van der Waals surface area contributed by atoms with Crippen LogP contribution in [0.25, 0.3) is 11.1 Å². The summed E-state index contributed by atoms with van der Waals surface area (Å²) >= 11 is 0. The highest BCUT2D eigenvalue weighted by Crippen LogP contribution is 2.35. The molecule has 0 saturated carbocycles. The molecule has 4 aromatic rings. The van der Waals surface area contributed by atoms with Crippen LogP contribution in [0.3, 0.4) is 0 Å². The summed E-state index contributed by atoms with van der Waals surface area (Å²) in [5, 5.41) is 3.88. The molecule has 0 spiro atoms. The van der Waals surface area contributed by atoms with E-state index in [2.05, 4.69) is 23.7 Å². The van der Waals surface area contributed by atoms with Crippen LogP contribution in [-0.4, -0.2) is 31.1 Å². The topological polar surface area (TPSA) is 115 Å². The standard InChI is InChI=1S/C33H38N4O5S/c1-6-25-18-30-28(29(7-2)34-25)15-16-32(38)37(30)19-23-13-14-26(24(17-23)20-41-8-3)27-11-9-10-12-31(27)43(39,40)36-33-21(4)22(5)42-35-33/h9-14,17-18H,6-8,15-16,19-20H2,1-5H3,(H,35,36). The Morgan fingerprint density at radius 2 is 1.79 bits per heavy atom. The second-order valence-corrected chi connectivity index (χ2v) is 12.3. The van der Waals surface area contributed by atoms with Crippen LogP contribution in [0.5, 0.6) is 0 Å². The van der Waals surface area contributed by atoms with E-state index in [1.807, 2.05) is 42.2 Å². The van der Waals surface area contributed by atoms with E-state index in [0.717, 1.165) is 52.2 Å². The number of rotatable bonds is 11. The van der Waals surface area contributed by atoms with Gasteiger partial charge in [0.05, 0.1) is 23.7 Å². The second kappa shape index (κ2) is 12.7. The minimum Gasteiger partial charge on any atom is -0.377 e. The lowest BCUT2D eigenvalue weighted by atomic mass is 9.95. The van der Waals surface area contributed by atoms with Crippen molar-refractivity contribution >= 4 is 27.4 Å². The lowest BCUT2D eigenvalue weighted by Gasteiger charge is -2.31. The molecular formula is C33H38N4O5S. The largest absolute Gasteiger partial charge is 0.377 e. The number of fused-ring (bicyclic) bond motifs is 1. The zero-order chi connectivity index (χ0) is 30.7. The summed E-state index contributed by atoms with van der Waals surface area (Å²) in [5.41, 5.74) is 7.79. The van der Waals surface area contributed by atoms with Gasteiger partial charge in [0.2, 0.25) is 5.91 Å². The van der Waals surface area contributed by atoms with Crippen LogP contribution in [0.2, 0.25) is 0 Å². The van der Waals surface area contributed by atoms with Gasteiger partial charge in [-0.15, -0.1) is 0 Å². The first-order valence-corrected chi connectivity index (χ1v) is 16.2. The molecular weight excluding hydrogens is 564 g/mol. The van der Waals surface area contributed by atoms with Crippen LogP contribution >= 0.6 is 0 Å². The number of hydrogen-bond acceptors (Lipinski definition) is 7. The molecule has 0 aliphatic carbocycles. The van der Waals surface area contributed by atoms with Crippen LogP contribution in [0.15, 0.2) is 57.9 Å². The summed E-state index contributed by atoms with van der Waals surface area (Å²) in [6.07, 6.45) is 2.76. The highest BCUT2D eigenvalue weighted by atomic mass is 32.2.